The molecule has 0 aliphatic rings. The first kappa shape index (κ1) is 19.5. The highest BCUT2D eigenvalue weighted by molar-refractivity contribution is 6.01. The Morgan fingerprint density at radius 1 is 1.19 bits per heavy atom. The van der Waals surface area contributed by atoms with Crippen molar-refractivity contribution in [3.05, 3.63) is 65.9 Å². The fourth-order valence-electron chi connectivity index (χ4n) is 2.27. The lowest BCUT2D eigenvalue weighted by molar-refractivity contribution is -0.117. The van der Waals surface area contributed by atoms with Gasteiger partial charge in [-0.3, -0.25) is 14.5 Å². The van der Waals surface area contributed by atoms with Crippen LogP contribution < -0.4 is 20.7 Å². The zero-order valence-electron chi connectivity index (χ0n) is 15.1. The van der Waals surface area contributed by atoms with E-state index < -0.39 is 5.91 Å². The number of nitrogens with zero attached hydrogens (tertiary/aromatic N) is 2. The molecule has 0 aliphatic carbocycles. The Balaban J connectivity index is 2.14. The fourth-order valence-corrected chi connectivity index (χ4v) is 2.27. The van der Waals surface area contributed by atoms with E-state index in [1.807, 2.05) is 18.2 Å². The van der Waals surface area contributed by atoms with Crippen LogP contribution in [0.5, 0.6) is 5.75 Å². The number of nitrogens with one attached hydrogen (secondary N) is 1. The van der Waals surface area contributed by atoms with E-state index in [2.05, 4.69) is 5.32 Å². The number of benzene rings is 2. The van der Waals surface area contributed by atoms with E-state index in [0.717, 1.165) is 5.56 Å². The van der Waals surface area contributed by atoms with Gasteiger partial charge in [0.25, 0.3) is 5.91 Å². The van der Waals surface area contributed by atoms with Crippen LogP contribution in [0.1, 0.15) is 12.5 Å². The van der Waals surface area contributed by atoms with Crippen molar-refractivity contribution < 1.29 is 14.3 Å². The highest BCUT2D eigenvalue weighted by Gasteiger charge is 2.15. The molecule has 2 aromatic rings. The molecule has 2 rings (SSSR count). The summed E-state index contributed by atoms with van der Waals surface area (Å²) in [5, 5.41) is 12.0. The van der Waals surface area contributed by atoms with Gasteiger partial charge >= 0.3 is 0 Å². The molecular weight excluding hydrogens is 344 g/mol. The molecule has 0 saturated carbocycles. The lowest BCUT2D eigenvalue weighted by Gasteiger charge is -2.17. The summed E-state index contributed by atoms with van der Waals surface area (Å²) in [5.41, 5.74) is 7.37. The molecule has 7 heteroatoms. The quantitative estimate of drug-likeness (QED) is 0.465. The van der Waals surface area contributed by atoms with Gasteiger partial charge in [0, 0.05) is 31.0 Å². The summed E-state index contributed by atoms with van der Waals surface area (Å²) in [6.45, 7) is 1.58. The maximum atomic E-state index is 12.3. The molecular formula is C20H20N4O3. The van der Waals surface area contributed by atoms with Gasteiger partial charge in [0.2, 0.25) is 5.91 Å². The van der Waals surface area contributed by atoms with Crippen molar-refractivity contribution in [2.75, 3.05) is 17.7 Å². The second-order valence-corrected chi connectivity index (χ2v) is 5.67. The number of nitrogen functional groups attached to an aromatic ring is 1. The summed E-state index contributed by atoms with van der Waals surface area (Å²) in [4.78, 5) is 25.5. The minimum atomic E-state index is -0.574. The number of nitrogens with two attached hydrogens (primary N) is 1. The van der Waals surface area contributed by atoms with Crippen molar-refractivity contribution in [2.24, 2.45) is 0 Å². The van der Waals surface area contributed by atoms with Crippen LogP contribution in [0.2, 0.25) is 0 Å². The summed E-state index contributed by atoms with van der Waals surface area (Å²) in [6.07, 6.45) is 1.22. The topological polar surface area (TPSA) is 108 Å². The molecule has 2 amide bonds. The standard InChI is InChI=1S/C20H20N4O3/c1-14(25)24(18-7-5-17(22)6-8-18)13-16(11-21)20(26)23-12-15-3-9-19(27-2)10-4-15/h3-10,13H,12,22H2,1-2H3,(H,23,26)/b16-13-. The number of anilines is 2. The molecule has 0 aromatic heterocycles. The van der Waals surface area contributed by atoms with Crippen molar-refractivity contribution in [2.45, 2.75) is 13.5 Å². The number of hydrogen-bond donors (Lipinski definition) is 2. The Morgan fingerprint density at radius 3 is 2.33 bits per heavy atom. The molecule has 138 valence electrons. The van der Waals surface area contributed by atoms with Crippen molar-refractivity contribution in [1.29, 1.82) is 5.26 Å². The third kappa shape index (κ3) is 5.34. The van der Waals surface area contributed by atoms with E-state index >= 15 is 0 Å². The van der Waals surface area contributed by atoms with Crippen LogP contribution in [0.3, 0.4) is 0 Å². The predicted octanol–water partition coefficient (Wildman–Crippen LogP) is 2.35. The fraction of sp³-hybridized carbons (Fsp3) is 0.150. The van der Waals surface area contributed by atoms with E-state index in [-0.39, 0.29) is 18.0 Å². The summed E-state index contributed by atoms with van der Waals surface area (Å²) < 4.78 is 5.08. The Bertz CT molecular complexity index is 881. The van der Waals surface area contributed by atoms with Crippen LogP contribution in [0.4, 0.5) is 11.4 Å². The van der Waals surface area contributed by atoms with Crippen LogP contribution in [-0.2, 0) is 16.1 Å². The van der Waals surface area contributed by atoms with E-state index in [9.17, 15) is 14.9 Å². The van der Waals surface area contributed by atoms with Crippen molar-refractivity contribution in [3.63, 3.8) is 0 Å². The molecule has 0 radical (unpaired) electrons. The molecule has 0 atom stereocenters. The average Bonchev–Trinajstić information content (AvgIpc) is 2.68. The molecule has 0 unspecified atom stereocenters. The molecule has 0 fully saturated rings. The van der Waals surface area contributed by atoms with Crippen LogP contribution in [0.15, 0.2) is 60.3 Å². The average molecular weight is 364 g/mol. The molecule has 2 aromatic carbocycles. The first-order valence-electron chi connectivity index (χ1n) is 8.13. The van der Waals surface area contributed by atoms with E-state index in [1.54, 1.807) is 43.5 Å². The monoisotopic (exact) mass is 364 g/mol. The lowest BCUT2D eigenvalue weighted by atomic mass is 10.2. The number of carbonyl (C=O) groups is 2. The molecule has 0 heterocycles. The summed E-state index contributed by atoms with van der Waals surface area (Å²) in [7, 11) is 1.57. The maximum Gasteiger partial charge on any atom is 0.263 e. The predicted molar refractivity (Wildman–Crippen MR) is 103 cm³/mol. The van der Waals surface area contributed by atoms with Crippen LogP contribution in [-0.4, -0.2) is 18.9 Å². The van der Waals surface area contributed by atoms with Gasteiger partial charge in [-0.25, -0.2) is 0 Å². The number of ether oxygens (including phenoxy) is 1. The Labute approximate surface area is 157 Å². The first-order chi connectivity index (χ1) is 12.9. The number of hydrogen-bond acceptors (Lipinski definition) is 5. The van der Waals surface area contributed by atoms with Crippen LogP contribution >= 0.6 is 0 Å². The normalized spacial score (nSPS) is 10.6. The summed E-state index contributed by atoms with van der Waals surface area (Å²) in [6, 6.07) is 15.6. The molecule has 0 spiro atoms. The van der Waals surface area contributed by atoms with Gasteiger partial charge in [-0.15, -0.1) is 0 Å². The first-order valence-corrected chi connectivity index (χ1v) is 8.13. The molecule has 0 saturated heterocycles. The number of carbonyl (C=O) groups excluding carboxylic acids is 2. The Morgan fingerprint density at radius 2 is 1.81 bits per heavy atom. The van der Waals surface area contributed by atoms with Gasteiger partial charge in [0.15, 0.2) is 0 Å². The smallest absolute Gasteiger partial charge is 0.263 e. The zero-order valence-corrected chi connectivity index (χ0v) is 15.1. The van der Waals surface area contributed by atoms with Gasteiger partial charge in [-0.1, -0.05) is 12.1 Å². The molecule has 0 bridgehead atoms. The maximum absolute atomic E-state index is 12.3. The summed E-state index contributed by atoms with van der Waals surface area (Å²) in [5.74, 6) is -0.200. The van der Waals surface area contributed by atoms with E-state index in [4.69, 9.17) is 10.5 Å². The van der Waals surface area contributed by atoms with E-state index in [0.29, 0.717) is 17.1 Å². The van der Waals surface area contributed by atoms with Crippen molar-refractivity contribution >= 4 is 23.2 Å². The lowest BCUT2D eigenvalue weighted by Crippen LogP contribution is -2.28. The number of methoxy groups -OCH3 is 1. The third-order valence-electron chi connectivity index (χ3n) is 3.75. The van der Waals surface area contributed by atoms with Gasteiger partial charge < -0.3 is 15.8 Å². The second kappa shape index (κ2) is 9.06. The Kier molecular flexibility index (Phi) is 6.55. The van der Waals surface area contributed by atoms with Crippen LogP contribution in [0, 0.1) is 11.3 Å². The minimum Gasteiger partial charge on any atom is -0.497 e. The molecule has 27 heavy (non-hydrogen) atoms. The van der Waals surface area contributed by atoms with Gasteiger partial charge in [-0.05, 0) is 42.0 Å². The van der Waals surface area contributed by atoms with Crippen molar-refractivity contribution in [3.8, 4) is 11.8 Å². The number of amides is 2. The summed E-state index contributed by atoms with van der Waals surface area (Å²) >= 11 is 0. The van der Waals surface area contributed by atoms with Crippen LogP contribution in [0.25, 0.3) is 0 Å². The highest BCUT2D eigenvalue weighted by atomic mass is 16.5. The SMILES string of the molecule is COc1ccc(CNC(=O)/C(C#N)=C\N(C(C)=O)c2ccc(N)cc2)cc1. The van der Waals surface area contributed by atoms with Crippen molar-refractivity contribution in [1.82, 2.24) is 5.32 Å². The molecule has 0 aliphatic heterocycles. The number of nitriles is 1. The second-order valence-electron chi connectivity index (χ2n) is 5.67. The molecule has 7 nitrogen and oxygen atoms in total. The van der Waals surface area contributed by atoms with Gasteiger partial charge in [0.05, 0.1) is 7.11 Å². The van der Waals surface area contributed by atoms with Gasteiger partial charge in [-0.2, -0.15) is 5.26 Å². The van der Waals surface area contributed by atoms with E-state index in [1.165, 1.54) is 18.0 Å². The third-order valence-corrected chi connectivity index (χ3v) is 3.75. The zero-order chi connectivity index (χ0) is 19.8. The minimum absolute atomic E-state index is 0.185. The largest absolute Gasteiger partial charge is 0.497 e. The molecule has 3 N–H and O–H groups in total. The number of rotatable bonds is 6. The Hall–Kier alpha value is -3.79. The highest BCUT2D eigenvalue weighted by Crippen LogP contribution is 2.18. The van der Waals surface area contributed by atoms with Gasteiger partial charge in [0.1, 0.15) is 17.4 Å².